The zero-order valence-corrected chi connectivity index (χ0v) is 16.7. The maximum absolute atomic E-state index is 12.8. The van der Waals surface area contributed by atoms with E-state index in [2.05, 4.69) is 26.6 Å². The van der Waals surface area contributed by atoms with Crippen LogP contribution in [0.25, 0.3) is 0 Å². The third-order valence-electron chi connectivity index (χ3n) is 4.29. The number of hydrogen-bond donors (Lipinski definition) is 2. The molecule has 0 bridgehead atoms. The van der Waals surface area contributed by atoms with E-state index in [1.807, 2.05) is 25.1 Å². The predicted octanol–water partition coefficient (Wildman–Crippen LogP) is 3.48. The normalized spacial score (nSPS) is 19.6. The van der Waals surface area contributed by atoms with Crippen LogP contribution in [0, 0.1) is 0 Å². The van der Waals surface area contributed by atoms with Gasteiger partial charge in [-0.05, 0) is 59.1 Å². The van der Waals surface area contributed by atoms with Crippen LogP contribution < -0.4 is 10.6 Å². The molecule has 2 heterocycles. The van der Waals surface area contributed by atoms with Gasteiger partial charge in [0.15, 0.2) is 5.54 Å². The summed E-state index contributed by atoms with van der Waals surface area (Å²) in [7, 11) is 0. The summed E-state index contributed by atoms with van der Waals surface area (Å²) in [6.45, 7) is 3.36. The molecule has 26 heavy (non-hydrogen) atoms. The van der Waals surface area contributed by atoms with E-state index in [0.29, 0.717) is 10.6 Å². The summed E-state index contributed by atoms with van der Waals surface area (Å²) in [5.74, 6) is -0.859. The first-order chi connectivity index (χ1) is 12.3. The number of rotatable bonds is 5. The number of carbonyl (C=O) groups excluding carboxylic acids is 3. The topological polar surface area (TPSA) is 78.5 Å². The van der Waals surface area contributed by atoms with Gasteiger partial charge in [-0.15, -0.1) is 11.3 Å². The van der Waals surface area contributed by atoms with Crippen LogP contribution in [0.1, 0.15) is 24.3 Å². The third kappa shape index (κ3) is 3.52. The Morgan fingerprint density at radius 2 is 1.92 bits per heavy atom. The highest BCUT2D eigenvalue weighted by atomic mass is 79.9. The lowest BCUT2D eigenvalue weighted by Crippen LogP contribution is -2.41. The van der Waals surface area contributed by atoms with Gasteiger partial charge in [0.05, 0.1) is 3.79 Å². The van der Waals surface area contributed by atoms with Crippen LogP contribution in [-0.2, 0) is 21.5 Å². The monoisotopic (exact) mass is 435 g/mol. The van der Waals surface area contributed by atoms with Crippen LogP contribution in [0.15, 0.2) is 40.2 Å². The van der Waals surface area contributed by atoms with Gasteiger partial charge in [-0.1, -0.05) is 19.1 Å². The number of carbonyl (C=O) groups is 3. The molecule has 0 radical (unpaired) electrons. The Hall–Kier alpha value is -2.19. The minimum Gasteiger partial charge on any atom is -0.325 e. The van der Waals surface area contributed by atoms with E-state index in [9.17, 15) is 14.4 Å². The van der Waals surface area contributed by atoms with Crippen LogP contribution in [0.3, 0.4) is 0 Å². The molecule has 1 aromatic carbocycles. The van der Waals surface area contributed by atoms with Crippen LogP contribution in [0.2, 0.25) is 0 Å². The lowest BCUT2D eigenvalue weighted by Gasteiger charge is -2.20. The molecule has 2 N–H and O–H groups in total. The first-order valence-corrected chi connectivity index (χ1v) is 9.73. The molecule has 0 aliphatic carbocycles. The van der Waals surface area contributed by atoms with E-state index in [-0.39, 0.29) is 6.54 Å². The molecule has 8 heteroatoms. The molecule has 1 aliphatic rings. The molecule has 1 unspecified atom stereocenters. The molecule has 3 rings (SSSR count). The first kappa shape index (κ1) is 18.6. The van der Waals surface area contributed by atoms with E-state index in [0.717, 1.165) is 20.7 Å². The number of imide groups is 1. The lowest BCUT2D eigenvalue weighted by atomic mass is 10.0. The second kappa shape index (κ2) is 7.20. The Labute approximate surface area is 163 Å². The Morgan fingerprint density at radius 1 is 1.23 bits per heavy atom. The van der Waals surface area contributed by atoms with Crippen LogP contribution in [0.4, 0.5) is 10.5 Å². The van der Waals surface area contributed by atoms with Crippen molar-refractivity contribution in [2.45, 2.75) is 25.8 Å². The van der Waals surface area contributed by atoms with Crippen molar-refractivity contribution >= 4 is 50.8 Å². The van der Waals surface area contributed by atoms with E-state index >= 15 is 0 Å². The smallest absolute Gasteiger partial charge is 0.325 e. The van der Waals surface area contributed by atoms with Crippen LogP contribution in [-0.4, -0.2) is 29.3 Å². The van der Waals surface area contributed by atoms with Crippen molar-refractivity contribution in [2.24, 2.45) is 0 Å². The van der Waals surface area contributed by atoms with E-state index in [1.54, 1.807) is 25.1 Å². The minimum absolute atomic E-state index is 0.331. The zero-order valence-electron chi connectivity index (χ0n) is 14.3. The van der Waals surface area contributed by atoms with Crippen molar-refractivity contribution in [1.29, 1.82) is 0 Å². The van der Waals surface area contributed by atoms with Crippen LogP contribution in [0.5, 0.6) is 0 Å². The van der Waals surface area contributed by atoms with E-state index in [4.69, 9.17) is 0 Å². The van der Waals surface area contributed by atoms with Crippen molar-refractivity contribution in [3.8, 4) is 0 Å². The fourth-order valence-electron chi connectivity index (χ4n) is 2.76. The molecular formula is C18H18BrN3O3S. The van der Waals surface area contributed by atoms with Crippen molar-refractivity contribution < 1.29 is 14.4 Å². The molecule has 0 spiro atoms. The molecule has 1 saturated heterocycles. The summed E-state index contributed by atoms with van der Waals surface area (Å²) in [6, 6.07) is 10.5. The standard InChI is InChI=1S/C18H18BrN3O3S/c1-3-11-4-6-12(7-5-11)20-15(23)10-22-16(24)18(2,21-17(22)25)13-8-9-14(19)26-13/h4-9H,3,10H2,1-2H3,(H,20,23)(H,21,25). The number of anilines is 1. The first-order valence-electron chi connectivity index (χ1n) is 8.12. The predicted molar refractivity (Wildman–Crippen MR) is 104 cm³/mol. The van der Waals surface area contributed by atoms with Gasteiger partial charge in [-0.2, -0.15) is 0 Å². The largest absolute Gasteiger partial charge is 0.325 e. The molecule has 0 saturated carbocycles. The number of urea groups is 1. The van der Waals surface area contributed by atoms with Gasteiger partial charge >= 0.3 is 6.03 Å². The third-order valence-corrected chi connectivity index (χ3v) is 6.13. The number of aryl methyl sites for hydroxylation is 1. The average Bonchev–Trinajstić information content (AvgIpc) is 3.14. The van der Waals surface area contributed by atoms with Gasteiger partial charge < -0.3 is 10.6 Å². The number of benzene rings is 1. The Bertz CT molecular complexity index is 865. The van der Waals surface area contributed by atoms with Crippen molar-refractivity contribution in [2.75, 3.05) is 11.9 Å². The van der Waals surface area contributed by atoms with Crippen molar-refractivity contribution in [3.63, 3.8) is 0 Å². The highest BCUT2D eigenvalue weighted by molar-refractivity contribution is 9.11. The molecule has 136 valence electrons. The van der Waals surface area contributed by atoms with Gasteiger partial charge in [-0.3, -0.25) is 14.5 Å². The van der Waals surface area contributed by atoms with Gasteiger partial charge in [0, 0.05) is 10.6 Å². The van der Waals surface area contributed by atoms with Crippen molar-refractivity contribution in [1.82, 2.24) is 10.2 Å². The van der Waals surface area contributed by atoms with Crippen molar-refractivity contribution in [3.05, 3.63) is 50.6 Å². The fourth-order valence-corrected chi connectivity index (χ4v) is 4.24. The molecule has 4 amide bonds. The minimum atomic E-state index is -1.16. The van der Waals surface area contributed by atoms with Gasteiger partial charge in [0.25, 0.3) is 5.91 Å². The van der Waals surface area contributed by atoms with Gasteiger partial charge in [0.1, 0.15) is 6.54 Å². The Morgan fingerprint density at radius 3 is 2.50 bits per heavy atom. The molecule has 1 aliphatic heterocycles. The summed E-state index contributed by atoms with van der Waals surface area (Å²) in [6.07, 6.45) is 0.911. The second-order valence-electron chi connectivity index (χ2n) is 6.15. The SMILES string of the molecule is CCc1ccc(NC(=O)CN2C(=O)NC(C)(c3ccc(Br)s3)C2=O)cc1. The highest BCUT2D eigenvalue weighted by Crippen LogP contribution is 2.35. The Balaban J connectivity index is 1.70. The molecule has 2 aromatic rings. The summed E-state index contributed by atoms with van der Waals surface area (Å²) >= 11 is 4.73. The van der Waals surface area contributed by atoms with E-state index in [1.165, 1.54) is 11.3 Å². The second-order valence-corrected chi connectivity index (χ2v) is 8.61. The molecule has 6 nitrogen and oxygen atoms in total. The summed E-state index contributed by atoms with van der Waals surface area (Å²) < 4.78 is 0.863. The summed E-state index contributed by atoms with van der Waals surface area (Å²) in [5.41, 5.74) is 0.635. The molecular weight excluding hydrogens is 418 g/mol. The number of thiophene rings is 1. The highest BCUT2D eigenvalue weighted by Gasteiger charge is 2.50. The number of amides is 4. The number of halogens is 1. The lowest BCUT2D eigenvalue weighted by molar-refractivity contribution is -0.133. The summed E-state index contributed by atoms with van der Waals surface area (Å²) in [5, 5.41) is 5.41. The molecule has 1 fully saturated rings. The zero-order chi connectivity index (χ0) is 18.9. The Kier molecular flexibility index (Phi) is 5.15. The maximum atomic E-state index is 12.8. The van der Waals surface area contributed by atoms with Gasteiger partial charge in [-0.25, -0.2) is 4.79 Å². The van der Waals surface area contributed by atoms with Crippen LogP contribution >= 0.6 is 27.3 Å². The van der Waals surface area contributed by atoms with E-state index < -0.39 is 23.4 Å². The number of hydrogen-bond acceptors (Lipinski definition) is 4. The molecule has 1 aromatic heterocycles. The maximum Gasteiger partial charge on any atom is 0.325 e. The number of nitrogens with one attached hydrogen (secondary N) is 2. The number of nitrogens with zero attached hydrogens (tertiary/aromatic N) is 1. The molecule has 1 atom stereocenters. The van der Waals surface area contributed by atoms with Gasteiger partial charge in [0.2, 0.25) is 5.91 Å². The fraction of sp³-hybridized carbons (Fsp3) is 0.278. The quantitative estimate of drug-likeness (QED) is 0.705. The summed E-state index contributed by atoms with van der Waals surface area (Å²) in [4.78, 5) is 39.0. The average molecular weight is 436 g/mol.